The van der Waals surface area contributed by atoms with Crippen molar-refractivity contribution in [1.82, 2.24) is 24.8 Å². The van der Waals surface area contributed by atoms with E-state index >= 15 is 0 Å². The average Bonchev–Trinajstić information content (AvgIpc) is 3.50. The van der Waals surface area contributed by atoms with E-state index in [2.05, 4.69) is 36.1 Å². The number of hydrogen-bond acceptors (Lipinski definition) is 4. The Morgan fingerprint density at radius 3 is 2.75 bits per heavy atom. The van der Waals surface area contributed by atoms with Crippen LogP contribution in [0.1, 0.15) is 41.0 Å². The van der Waals surface area contributed by atoms with Gasteiger partial charge in [-0.3, -0.25) is 14.8 Å². The number of benzene rings is 1. The van der Waals surface area contributed by atoms with E-state index in [4.69, 9.17) is 12.2 Å². The van der Waals surface area contributed by atoms with Crippen LogP contribution in [-0.2, 0) is 4.79 Å². The van der Waals surface area contributed by atoms with E-state index in [-0.39, 0.29) is 18.0 Å². The van der Waals surface area contributed by atoms with Crippen molar-refractivity contribution in [3.63, 3.8) is 0 Å². The lowest BCUT2D eigenvalue weighted by molar-refractivity contribution is -0.116. The third kappa shape index (κ3) is 4.85. The number of carbonyl (C=O) groups excluding carboxylic acids is 1. The van der Waals surface area contributed by atoms with Crippen LogP contribution in [0.25, 0.3) is 5.69 Å². The number of aromatic nitrogens is 3. The van der Waals surface area contributed by atoms with Crippen molar-refractivity contribution in [2.75, 3.05) is 11.9 Å². The van der Waals surface area contributed by atoms with E-state index < -0.39 is 0 Å². The lowest BCUT2D eigenvalue weighted by Gasteiger charge is -2.28. The smallest absolute Gasteiger partial charge is 0.226 e. The molecule has 5 rings (SSSR count). The minimum absolute atomic E-state index is 0.0471. The third-order valence-corrected chi connectivity index (χ3v) is 6.80. The number of carbonyl (C=O) groups is 1. The van der Waals surface area contributed by atoms with Crippen LogP contribution in [0.4, 0.5) is 5.69 Å². The number of nitrogens with zero attached hydrogens (tertiary/aromatic N) is 4. The van der Waals surface area contributed by atoms with Crippen molar-refractivity contribution in [3.05, 3.63) is 108 Å². The minimum Gasteiger partial charge on any atom is -0.352 e. The molecule has 1 aliphatic rings. The summed E-state index contributed by atoms with van der Waals surface area (Å²) in [7, 11) is 0. The Morgan fingerprint density at radius 1 is 1.08 bits per heavy atom. The van der Waals surface area contributed by atoms with Crippen molar-refractivity contribution in [1.29, 1.82) is 0 Å². The zero-order valence-corrected chi connectivity index (χ0v) is 21.1. The van der Waals surface area contributed by atoms with Gasteiger partial charge in [0.1, 0.15) is 0 Å². The van der Waals surface area contributed by atoms with Crippen molar-refractivity contribution in [3.8, 4) is 5.69 Å². The van der Waals surface area contributed by atoms with Gasteiger partial charge in [0.25, 0.3) is 0 Å². The first-order valence-corrected chi connectivity index (χ1v) is 12.3. The number of pyridine rings is 2. The molecule has 4 aromatic rings. The summed E-state index contributed by atoms with van der Waals surface area (Å²) < 4.78 is 2.12. The quantitative estimate of drug-likeness (QED) is 0.355. The highest BCUT2D eigenvalue weighted by molar-refractivity contribution is 7.80. The Hall–Kier alpha value is -4.04. The van der Waals surface area contributed by atoms with Crippen LogP contribution in [0, 0.1) is 13.8 Å². The van der Waals surface area contributed by atoms with Gasteiger partial charge in [-0.15, -0.1) is 0 Å². The zero-order chi connectivity index (χ0) is 25.1. The maximum atomic E-state index is 12.9. The number of amides is 1. The summed E-state index contributed by atoms with van der Waals surface area (Å²) in [4.78, 5) is 23.9. The summed E-state index contributed by atoms with van der Waals surface area (Å²) in [5, 5.41) is 7.13. The molecule has 1 aliphatic heterocycles. The van der Waals surface area contributed by atoms with Gasteiger partial charge in [0.2, 0.25) is 5.91 Å². The summed E-state index contributed by atoms with van der Waals surface area (Å²) >= 11 is 5.78. The summed E-state index contributed by atoms with van der Waals surface area (Å²) in [5.74, 6) is -0.0471. The molecule has 4 heterocycles. The molecule has 2 atom stereocenters. The van der Waals surface area contributed by atoms with Crippen molar-refractivity contribution in [2.45, 2.75) is 32.4 Å². The molecule has 1 aromatic carbocycles. The van der Waals surface area contributed by atoms with Crippen LogP contribution >= 0.6 is 12.2 Å². The van der Waals surface area contributed by atoms with E-state index in [1.807, 2.05) is 80.8 Å². The van der Waals surface area contributed by atoms with E-state index in [1.54, 1.807) is 12.4 Å². The largest absolute Gasteiger partial charge is 0.352 e. The van der Waals surface area contributed by atoms with Gasteiger partial charge < -0.3 is 20.1 Å². The van der Waals surface area contributed by atoms with Crippen LogP contribution in [0.3, 0.4) is 0 Å². The number of rotatable bonds is 7. The van der Waals surface area contributed by atoms with Crippen LogP contribution in [-0.4, -0.2) is 37.0 Å². The molecule has 2 N–H and O–H groups in total. The lowest BCUT2D eigenvalue weighted by Crippen LogP contribution is -2.33. The average molecular weight is 497 g/mol. The molecule has 36 heavy (non-hydrogen) atoms. The van der Waals surface area contributed by atoms with Gasteiger partial charge >= 0.3 is 0 Å². The molecule has 8 heteroatoms. The Bertz CT molecular complexity index is 1370. The van der Waals surface area contributed by atoms with Gasteiger partial charge in [-0.25, -0.2) is 0 Å². The first-order chi connectivity index (χ1) is 17.5. The third-order valence-electron chi connectivity index (χ3n) is 6.45. The number of anilines is 1. The zero-order valence-electron chi connectivity index (χ0n) is 20.3. The lowest BCUT2D eigenvalue weighted by atomic mass is 10.0. The molecule has 1 amide bonds. The van der Waals surface area contributed by atoms with Crippen LogP contribution < -0.4 is 10.6 Å². The fourth-order valence-corrected chi connectivity index (χ4v) is 4.97. The molecule has 0 saturated carbocycles. The maximum absolute atomic E-state index is 12.9. The van der Waals surface area contributed by atoms with Gasteiger partial charge in [-0.05, 0) is 79.7 Å². The number of hydrogen-bond donors (Lipinski definition) is 2. The van der Waals surface area contributed by atoms with Gasteiger partial charge in [-0.2, -0.15) is 0 Å². The monoisotopic (exact) mass is 496 g/mol. The minimum atomic E-state index is -0.161. The second kappa shape index (κ2) is 10.3. The highest BCUT2D eigenvalue weighted by Gasteiger charge is 2.41. The second-order valence-corrected chi connectivity index (χ2v) is 9.34. The summed E-state index contributed by atoms with van der Waals surface area (Å²) in [6, 6.07) is 19.7. The van der Waals surface area contributed by atoms with E-state index in [0.29, 0.717) is 18.1 Å². The number of aryl methyl sites for hydroxylation is 2. The summed E-state index contributed by atoms with van der Waals surface area (Å²) in [5.41, 5.74) is 5.88. The Kier molecular flexibility index (Phi) is 6.77. The number of nitrogens with one attached hydrogen (secondary N) is 2. The first-order valence-electron chi connectivity index (χ1n) is 11.9. The van der Waals surface area contributed by atoms with Gasteiger partial charge in [-0.1, -0.05) is 18.2 Å². The predicted molar refractivity (Wildman–Crippen MR) is 145 cm³/mol. The van der Waals surface area contributed by atoms with Gasteiger partial charge in [0, 0.05) is 42.9 Å². The van der Waals surface area contributed by atoms with Gasteiger partial charge in [0.15, 0.2) is 5.11 Å². The van der Waals surface area contributed by atoms with Gasteiger partial charge in [0.05, 0.1) is 29.7 Å². The molecule has 3 aromatic heterocycles. The molecular weight excluding hydrogens is 468 g/mol. The summed E-state index contributed by atoms with van der Waals surface area (Å²) in [6.07, 6.45) is 7.71. The fourth-order valence-electron chi connectivity index (χ4n) is 4.64. The standard InChI is InChI=1S/C28H28N6OS/c1-19-10-11-20(2)23(17-19)31-25(35)12-16-34-27(26(32-28(34)36)22-8-3-4-14-30-22)24-9-6-15-33(24)21-7-5-13-29-18-21/h3-11,13-15,17-18,26-27H,12,16H2,1-2H3,(H,31,35)(H,32,36)/t26-,27+/m1/s1. The molecule has 7 nitrogen and oxygen atoms in total. The normalized spacial score (nSPS) is 17.2. The van der Waals surface area contributed by atoms with Crippen molar-refractivity contribution < 1.29 is 4.79 Å². The van der Waals surface area contributed by atoms with E-state index in [1.165, 1.54) is 0 Å². The van der Waals surface area contributed by atoms with E-state index in [0.717, 1.165) is 33.9 Å². The molecular formula is C28H28N6OS. The van der Waals surface area contributed by atoms with Crippen LogP contribution in [0.15, 0.2) is 85.5 Å². The molecule has 1 fully saturated rings. The Labute approximate surface area is 216 Å². The highest BCUT2D eigenvalue weighted by Crippen LogP contribution is 2.39. The molecule has 0 bridgehead atoms. The SMILES string of the molecule is Cc1ccc(C)c(NC(=O)CCN2C(=S)N[C@H](c3ccccn3)[C@@H]2c2cccn2-c2cccnc2)c1. The second-order valence-electron chi connectivity index (χ2n) is 8.95. The van der Waals surface area contributed by atoms with E-state index in [9.17, 15) is 4.79 Å². The van der Waals surface area contributed by atoms with Crippen LogP contribution in [0.5, 0.6) is 0 Å². The molecule has 0 unspecified atom stereocenters. The number of thiocarbonyl (C=S) groups is 1. The molecule has 0 aliphatic carbocycles. The Balaban J connectivity index is 1.43. The first kappa shape index (κ1) is 23.7. The predicted octanol–water partition coefficient (Wildman–Crippen LogP) is 4.89. The molecule has 0 spiro atoms. The van der Waals surface area contributed by atoms with Crippen molar-refractivity contribution >= 4 is 28.9 Å². The highest BCUT2D eigenvalue weighted by atomic mass is 32.1. The molecule has 182 valence electrons. The molecule has 1 saturated heterocycles. The summed E-state index contributed by atoms with van der Waals surface area (Å²) in [6.45, 7) is 4.48. The molecule has 0 radical (unpaired) electrons. The van der Waals surface area contributed by atoms with Crippen molar-refractivity contribution in [2.24, 2.45) is 0 Å². The topological polar surface area (TPSA) is 75.1 Å². The Morgan fingerprint density at radius 2 is 1.97 bits per heavy atom. The fraction of sp³-hybridized carbons (Fsp3) is 0.214. The maximum Gasteiger partial charge on any atom is 0.226 e. The van der Waals surface area contributed by atoms with Crippen LogP contribution in [0.2, 0.25) is 0 Å².